The number of halogens is 1. The van der Waals surface area contributed by atoms with Crippen molar-refractivity contribution in [1.29, 1.82) is 0 Å². The van der Waals surface area contributed by atoms with E-state index in [9.17, 15) is 4.79 Å². The molecule has 0 N–H and O–H groups in total. The zero-order chi connectivity index (χ0) is 26.5. The molecule has 8 unspecified atom stereocenters. The number of alkyl halides is 1. The van der Waals surface area contributed by atoms with Crippen LogP contribution in [0.15, 0.2) is 11.6 Å². The van der Waals surface area contributed by atoms with Crippen LogP contribution in [0, 0.1) is 34.5 Å². The Balaban J connectivity index is 1.32. The van der Waals surface area contributed by atoms with Gasteiger partial charge in [-0.15, -0.1) is 11.6 Å². The third kappa shape index (κ3) is 6.47. The Morgan fingerprint density at radius 2 is 1.68 bits per heavy atom. The number of carbonyl (C=O) groups excluding carboxylic acids is 1. The quantitative estimate of drug-likeness (QED) is 0.102. The Labute approximate surface area is 234 Å². The van der Waals surface area contributed by atoms with Crippen LogP contribution in [0.5, 0.6) is 0 Å². The maximum absolute atomic E-state index is 12.6. The summed E-state index contributed by atoms with van der Waals surface area (Å²) in [5.74, 6) is 3.38. The van der Waals surface area contributed by atoms with Crippen molar-refractivity contribution in [3.05, 3.63) is 11.6 Å². The summed E-state index contributed by atoms with van der Waals surface area (Å²) in [6, 6.07) is 0. The highest BCUT2D eigenvalue weighted by Gasteiger charge is 2.58. The first-order chi connectivity index (χ1) is 17.8. The fourth-order valence-electron chi connectivity index (χ4n) is 9.41. The van der Waals surface area contributed by atoms with Gasteiger partial charge in [0.15, 0.2) is 0 Å². The molecule has 4 aliphatic rings. The van der Waals surface area contributed by atoms with Crippen LogP contribution in [0.4, 0.5) is 0 Å². The van der Waals surface area contributed by atoms with Gasteiger partial charge in [-0.2, -0.15) is 0 Å². The molecule has 0 heterocycles. The van der Waals surface area contributed by atoms with Gasteiger partial charge in [-0.3, -0.25) is 4.79 Å². The Hall–Kier alpha value is -0.500. The summed E-state index contributed by atoms with van der Waals surface area (Å²) >= 11 is 6.39. The molecule has 0 radical (unpaired) electrons. The molecular weight excluding hydrogens is 476 g/mol. The lowest BCUT2D eigenvalue weighted by Gasteiger charge is -2.58. The van der Waals surface area contributed by atoms with E-state index in [0.29, 0.717) is 10.8 Å². The summed E-state index contributed by atoms with van der Waals surface area (Å²) < 4.78 is 5.97. The minimum atomic E-state index is -0.479. The SMILES string of the molecule is CCCCCCCCC1CCC2C3CC=C4CC(OC(=O)C(Cl)CCCCC)CCC4(C)C3CCC12C. The summed E-state index contributed by atoms with van der Waals surface area (Å²) in [7, 11) is 0. The summed E-state index contributed by atoms with van der Waals surface area (Å²) in [6.07, 6.45) is 26.8. The molecule has 212 valence electrons. The lowest BCUT2D eigenvalue weighted by atomic mass is 9.47. The maximum Gasteiger partial charge on any atom is 0.324 e. The molecule has 3 heteroatoms. The van der Waals surface area contributed by atoms with E-state index in [1.165, 1.54) is 83.5 Å². The zero-order valence-electron chi connectivity index (χ0n) is 24.7. The van der Waals surface area contributed by atoms with Crippen LogP contribution >= 0.6 is 11.6 Å². The zero-order valence-corrected chi connectivity index (χ0v) is 25.4. The lowest BCUT2D eigenvalue weighted by molar-refractivity contribution is -0.151. The van der Waals surface area contributed by atoms with Gasteiger partial charge in [0.2, 0.25) is 0 Å². The van der Waals surface area contributed by atoms with E-state index in [1.807, 2.05) is 0 Å². The number of hydrogen-bond acceptors (Lipinski definition) is 2. The molecule has 3 fully saturated rings. The molecule has 0 spiro atoms. The van der Waals surface area contributed by atoms with Crippen molar-refractivity contribution in [2.75, 3.05) is 0 Å². The van der Waals surface area contributed by atoms with Gasteiger partial charge in [0, 0.05) is 6.42 Å². The number of esters is 1. The van der Waals surface area contributed by atoms with Crippen LogP contribution < -0.4 is 0 Å². The number of carbonyl (C=O) groups is 1. The van der Waals surface area contributed by atoms with Crippen LogP contribution in [-0.4, -0.2) is 17.5 Å². The second-order valence-electron chi connectivity index (χ2n) is 13.9. The topological polar surface area (TPSA) is 26.3 Å². The number of fused-ring (bicyclic) bond motifs is 5. The van der Waals surface area contributed by atoms with Gasteiger partial charge in [-0.05, 0) is 92.3 Å². The smallest absolute Gasteiger partial charge is 0.324 e. The molecule has 8 atom stereocenters. The minimum absolute atomic E-state index is 0.0258. The third-order valence-corrected chi connectivity index (χ3v) is 12.2. The fourth-order valence-corrected chi connectivity index (χ4v) is 9.62. The Morgan fingerprint density at radius 1 is 0.946 bits per heavy atom. The van der Waals surface area contributed by atoms with Gasteiger partial charge in [0.25, 0.3) is 0 Å². The Morgan fingerprint density at radius 3 is 2.46 bits per heavy atom. The van der Waals surface area contributed by atoms with E-state index in [-0.39, 0.29) is 12.1 Å². The lowest BCUT2D eigenvalue weighted by Crippen LogP contribution is -2.50. The highest BCUT2D eigenvalue weighted by Crippen LogP contribution is 2.66. The standard InChI is InChI=1S/C34H57ClO2/c1-5-7-9-10-11-13-14-25-17-19-29-28-18-16-26-24-27(37-32(36)31(35)15-12-8-6-2)20-22-34(26,4)30(28)21-23-33(25,29)3/h16,25,27-31H,5-15,17-24H2,1-4H3. The van der Waals surface area contributed by atoms with E-state index in [4.69, 9.17) is 16.3 Å². The van der Waals surface area contributed by atoms with E-state index < -0.39 is 5.38 Å². The Kier molecular flexibility index (Phi) is 10.5. The van der Waals surface area contributed by atoms with Gasteiger partial charge < -0.3 is 4.74 Å². The summed E-state index contributed by atoms with van der Waals surface area (Å²) in [4.78, 5) is 12.6. The van der Waals surface area contributed by atoms with Gasteiger partial charge in [0.1, 0.15) is 11.5 Å². The first-order valence-electron chi connectivity index (χ1n) is 16.4. The first kappa shape index (κ1) is 29.5. The normalized spacial score (nSPS) is 37.8. The molecule has 0 amide bonds. The monoisotopic (exact) mass is 532 g/mol. The van der Waals surface area contributed by atoms with Crippen molar-refractivity contribution in [2.45, 2.75) is 161 Å². The summed E-state index contributed by atoms with van der Waals surface area (Å²) in [5, 5.41) is -0.479. The second-order valence-corrected chi connectivity index (χ2v) is 14.4. The molecule has 37 heavy (non-hydrogen) atoms. The average molecular weight is 533 g/mol. The molecular formula is C34H57ClO2. The van der Waals surface area contributed by atoms with E-state index in [0.717, 1.165) is 62.2 Å². The van der Waals surface area contributed by atoms with Gasteiger partial charge in [-0.1, -0.05) is 97.1 Å². The molecule has 3 saturated carbocycles. The van der Waals surface area contributed by atoms with Crippen LogP contribution in [-0.2, 0) is 9.53 Å². The number of rotatable bonds is 13. The molecule has 0 aromatic carbocycles. The number of ether oxygens (including phenoxy) is 1. The van der Waals surface area contributed by atoms with E-state index >= 15 is 0 Å². The summed E-state index contributed by atoms with van der Waals surface area (Å²) in [5.41, 5.74) is 2.48. The van der Waals surface area contributed by atoms with Crippen molar-refractivity contribution < 1.29 is 9.53 Å². The maximum atomic E-state index is 12.6. The molecule has 2 nitrogen and oxygen atoms in total. The molecule has 0 aliphatic heterocycles. The van der Waals surface area contributed by atoms with E-state index in [2.05, 4.69) is 33.8 Å². The number of unbranched alkanes of at least 4 members (excludes halogenated alkanes) is 7. The molecule has 0 aromatic heterocycles. The van der Waals surface area contributed by atoms with Crippen LogP contribution in [0.1, 0.15) is 150 Å². The van der Waals surface area contributed by atoms with Crippen molar-refractivity contribution in [3.8, 4) is 0 Å². The second kappa shape index (κ2) is 13.2. The predicted molar refractivity (Wildman–Crippen MR) is 157 cm³/mol. The molecule has 0 aromatic rings. The summed E-state index contributed by atoms with van der Waals surface area (Å²) in [6.45, 7) is 9.74. The fraction of sp³-hybridized carbons (Fsp3) is 0.912. The van der Waals surface area contributed by atoms with E-state index in [1.54, 1.807) is 5.57 Å². The first-order valence-corrected chi connectivity index (χ1v) is 16.8. The van der Waals surface area contributed by atoms with Crippen molar-refractivity contribution in [2.24, 2.45) is 34.5 Å². The molecule has 4 aliphatic carbocycles. The third-order valence-electron chi connectivity index (χ3n) is 11.8. The highest BCUT2D eigenvalue weighted by atomic mass is 35.5. The average Bonchev–Trinajstić information content (AvgIpc) is 3.22. The number of hydrogen-bond donors (Lipinski definition) is 0. The Bertz CT molecular complexity index is 776. The molecule has 0 bridgehead atoms. The van der Waals surface area contributed by atoms with Crippen molar-refractivity contribution in [3.63, 3.8) is 0 Å². The van der Waals surface area contributed by atoms with Crippen molar-refractivity contribution in [1.82, 2.24) is 0 Å². The van der Waals surface area contributed by atoms with Crippen LogP contribution in [0.25, 0.3) is 0 Å². The van der Waals surface area contributed by atoms with Gasteiger partial charge >= 0.3 is 5.97 Å². The predicted octanol–water partition coefficient (Wildman–Crippen LogP) is 10.4. The molecule has 0 saturated heterocycles. The van der Waals surface area contributed by atoms with Crippen LogP contribution in [0.3, 0.4) is 0 Å². The van der Waals surface area contributed by atoms with Crippen molar-refractivity contribution >= 4 is 17.6 Å². The minimum Gasteiger partial charge on any atom is -0.461 e. The van der Waals surface area contributed by atoms with Crippen LogP contribution in [0.2, 0.25) is 0 Å². The molecule has 4 rings (SSSR count). The van der Waals surface area contributed by atoms with Gasteiger partial charge in [-0.25, -0.2) is 0 Å². The van der Waals surface area contributed by atoms with Gasteiger partial charge in [0.05, 0.1) is 0 Å². The largest absolute Gasteiger partial charge is 0.461 e. The highest BCUT2D eigenvalue weighted by molar-refractivity contribution is 6.29. The number of allylic oxidation sites excluding steroid dienone is 1.